The molecule has 0 aliphatic carbocycles. The fraction of sp³-hybridized carbons (Fsp3) is 0.370. The van der Waals surface area contributed by atoms with E-state index in [9.17, 15) is 30.8 Å². The third-order valence-electron chi connectivity index (χ3n) is 6.75. The van der Waals surface area contributed by atoms with Crippen LogP contribution in [0, 0.1) is 5.82 Å². The molecule has 1 aromatic carbocycles. The Bertz CT molecular complexity index is 1480. The molecule has 3 heterocycles. The van der Waals surface area contributed by atoms with Crippen LogP contribution >= 0.6 is 0 Å². The molecule has 1 unspecified atom stereocenters. The van der Waals surface area contributed by atoms with Crippen molar-refractivity contribution in [1.82, 2.24) is 20.0 Å². The number of piperazine rings is 1. The Morgan fingerprint density at radius 3 is 2.29 bits per heavy atom. The van der Waals surface area contributed by atoms with Crippen molar-refractivity contribution < 1.29 is 30.8 Å². The molecular weight excluding hydrogens is 564 g/mol. The summed E-state index contributed by atoms with van der Waals surface area (Å²) in [5.41, 5.74) is -0.128. The van der Waals surface area contributed by atoms with Gasteiger partial charge in [0, 0.05) is 56.6 Å². The fourth-order valence-electron chi connectivity index (χ4n) is 4.41. The van der Waals surface area contributed by atoms with E-state index in [1.807, 2.05) is 17.0 Å². The molecule has 1 atom stereocenters. The number of anilines is 2. The van der Waals surface area contributed by atoms with Gasteiger partial charge in [-0.15, -0.1) is 0 Å². The number of sulfonamides is 1. The molecule has 1 saturated heterocycles. The third-order valence-corrected chi connectivity index (χ3v) is 7.42. The average Bonchev–Trinajstić information content (AvgIpc) is 2.94. The predicted molar refractivity (Wildman–Crippen MR) is 146 cm³/mol. The predicted octanol–water partition coefficient (Wildman–Crippen LogP) is 3.43. The lowest BCUT2D eigenvalue weighted by molar-refractivity contribution is -0.141. The number of rotatable bonds is 9. The number of hydrogen-bond donors (Lipinski definition) is 2. The van der Waals surface area contributed by atoms with Gasteiger partial charge in [0.1, 0.15) is 23.1 Å². The highest BCUT2D eigenvalue weighted by Gasteiger charge is 2.34. The van der Waals surface area contributed by atoms with Crippen LogP contribution in [0.4, 0.5) is 29.2 Å². The Kier molecular flexibility index (Phi) is 9.12. The number of carbonyl (C=O) groups excluding carboxylic acids is 1. The van der Waals surface area contributed by atoms with Crippen molar-refractivity contribution in [1.29, 1.82) is 0 Å². The Morgan fingerprint density at radius 1 is 1.00 bits per heavy atom. The summed E-state index contributed by atoms with van der Waals surface area (Å²) in [6.45, 7) is 3.12. The number of aromatic nitrogens is 2. The van der Waals surface area contributed by atoms with Gasteiger partial charge in [0.25, 0.3) is 0 Å². The van der Waals surface area contributed by atoms with Gasteiger partial charge in [-0.2, -0.15) is 13.2 Å². The number of alkyl halides is 3. The van der Waals surface area contributed by atoms with Crippen molar-refractivity contribution in [3.8, 4) is 0 Å². The van der Waals surface area contributed by atoms with Crippen molar-refractivity contribution in [2.45, 2.75) is 32.1 Å². The lowest BCUT2D eigenvalue weighted by Crippen LogP contribution is -2.47. The van der Waals surface area contributed by atoms with Crippen molar-refractivity contribution >= 4 is 27.6 Å². The van der Waals surface area contributed by atoms with Crippen LogP contribution in [0.5, 0.6) is 0 Å². The maximum Gasteiger partial charge on any atom is 0.433 e. The quantitative estimate of drug-likeness (QED) is 0.366. The molecule has 1 aliphatic rings. The van der Waals surface area contributed by atoms with Crippen LogP contribution in [0.25, 0.3) is 0 Å². The van der Waals surface area contributed by atoms with E-state index < -0.39 is 39.5 Å². The van der Waals surface area contributed by atoms with Crippen molar-refractivity contribution in [2.75, 3.05) is 42.2 Å². The molecule has 1 aliphatic heterocycles. The zero-order valence-corrected chi connectivity index (χ0v) is 23.3. The molecule has 3 aromatic rings. The Hall–Kier alpha value is -3.78. The highest BCUT2D eigenvalue weighted by molar-refractivity contribution is 7.88. The van der Waals surface area contributed by atoms with Crippen molar-refractivity contribution in [2.24, 2.45) is 0 Å². The summed E-state index contributed by atoms with van der Waals surface area (Å²) in [6, 6.07) is 11.8. The van der Waals surface area contributed by atoms with E-state index in [0.717, 1.165) is 24.2 Å². The van der Waals surface area contributed by atoms with Crippen LogP contribution in [-0.2, 0) is 34.1 Å². The summed E-state index contributed by atoms with van der Waals surface area (Å²) in [5.74, 6) is -0.993. The molecule has 220 valence electrons. The molecule has 14 heteroatoms. The topological polar surface area (TPSA) is 108 Å². The van der Waals surface area contributed by atoms with E-state index >= 15 is 0 Å². The van der Waals surface area contributed by atoms with Crippen LogP contribution < -0.4 is 19.8 Å². The van der Waals surface area contributed by atoms with Crippen LogP contribution in [0.2, 0.25) is 0 Å². The minimum absolute atomic E-state index is 0.0804. The minimum Gasteiger partial charge on any atom is -0.353 e. The molecule has 0 spiro atoms. The van der Waals surface area contributed by atoms with Crippen LogP contribution in [0.15, 0.2) is 54.7 Å². The number of benzene rings is 1. The van der Waals surface area contributed by atoms with Gasteiger partial charge < -0.3 is 15.1 Å². The van der Waals surface area contributed by atoms with Gasteiger partial charge in [0.05, 0.1) is 12.2 Å². The largest absolute Gasteiger partial charge is 0.433 e. The Labute approximate surface area is 235 Å². The summed E-state index contributed by atoms with van der Waals surface area (Å²) < 4.78 is 79.8. The first-order valence-electron chi connectivity index (χ1n) is 12.8. The fourth-order valence-corrected chi connectivity index (χ4v) is 4.82. The Morgan fingerprint density at radius 2 is 1.68 bits per heavy atom. The van der Waals surface area contributed by atoms with Gasteiger partial charge in [-0.25, -0.2) is 27.5 Å². The van der Waals surface area contributed by atoms with E-state index in [-0.39, 0.29) is 24.5 Å². The SMILES string of the molecule is CC(C(=O)NCc1ccc(C(F)(F)F)nc1N1CCN(c2ccccn2)CC1)c1ccc(CNS(C)(=O)=O)c(F)c1. The molecule has 2 aromatic heterocycles. The number of nitrogens with one attached hydrogen (secondary N) is 2. The van der Waals surface area contributed by atoms with E-state index in [1.54, 1.807) is 24.1 Å². The molecule has 2 N–H and O–H groups in total. The maximum absolute atomic E-state index is 14.5. The van der Waals surface area contributed by atoms with Crippen LogP contribution in [-0.4, -0.2) is 56.7 Å². The first-order valence-corrected chi connectivity index (χ1v) is 14.7. The second-order valence-corrected chi connectivity index (χ2v) is 11.6. The maximum atomic E-state index is 14.5. The summed E-state index contributed by atoms with van der Waals surface area (Å²) in [5, 5.41) is 2.73. The summed E-state index contributed by atoms with van der Waals surface area (Å²) in [6.07, 6.45) is -1.99. The van der Waals surface area contributed by atoms with Gasteiger partial charge in [-0.1, -0.05) is 24.3 Å². The van der Waals surface area contributed by atoms with E-state index in [2.05, 4.69) is 20.0 Å². The lowest BCUT2D eigenvalue weighted by Gasteiger charge is -2.37. The molecule has 1 fully saturated rings. The Balaban J connectivity index is 1.46. The first-order chi connectivity index (χ1) is 19.3. The number of carbonyl (C=O) groups is 1. The molecule has 4 rings (SSSR count). The van der Waals surface area contributed by atoms with Gasteiger partial charge >= 0.3 is 6.18 Å². The molecule has 0 saturated carbocycles. The number of hydrogen-bond acceptors (Lipinski definition) is 7. The van der Waals surface area contributed by atoms with Gasteiger partial charge in [-0.3, -0.25) is 4.79 Å². The highest BCUT2D eigenvalue weighted by atomic mass is 32.2. The monoisotopic (exact) mass is 594 g/mol. The number of pyridine rings is 2. The second-order valence-electron chi connectivity index (χ2n) is 9.72. The smallest absolute Gasteiger partial charge is 0.353 e. The second kappa shape index (κ2) is 12.4. The highest BCUT2D eigenvalue weighted by Crippen LogP contribution is 2.31. The number of nitrogens with zero attached hydrogens (tertiary/aromatic N) is 4. The van der Waals surface area contributed by atoms with Gasteiger partial charge in [-0.05, 0) is 36.8 Å². The zero-order valence-electron chi connectivity index (χ0n) is 22.4. The van der Waals surface area contributed by atoms with E-state index in [1.165, 1.54) is 18.2 Å². The zero-order chi connectivity index (χ0) is 29.8. The lowest BCUT2D eigenvalue weighted by atomic mass is 9.98. The standard InChI is InChI=1S/C27H30F4N6O3S/c1-18(19-6-7-20(22(28)15-19)17-34-41(2,39)40)26(38)33-16-21-8-9-23(27(29,30)31)35-25(21)37-13-11-36(12-14-37)24-5-3-4-10-32-24/h3-10,15,18,34H,11-14,16-17H2,1-2H3,(H,33,38). The minimum atomic E-state index is -4.63. The van der Waals surface area contributed by atoms with Gasteiger partial charge in [0.15, 0.2) is 0 Å². The van der Waals surface area contributed by atoms with Crippen LogP contribution in [0.1, 0.15) is 35.2 Å². The summed E-state index contributed by atoms with van der Waals surface area (Å²) in [4.78, 5) is 25.0. The summed E-state index contributed by atoms with van der Waals surface area (Å²) in [7, 11) is -3.51. The van der Waals surface area contributed by atoms with E-state index in [0.29, 0.717) is 37.3 Å². The molecule has 0 radical (unpaired) electrons. The molecular formula is C27H30F4N6O3S. The molecule has 41 heavy (non-hydrogen) atoms. The average molecular weight is 595 g/mol. The molecule has 1 amide bonds. The number of amides is 1. The normalized spacial score (nSPS) is 15.1. The number of halogens is 4. The third kappa shape index (κ3) is 7.91. The van der Waals surface area contributed by atoms with Crippen LogP contribution in [0.3, 0.4) is 0 Å². The van der Waals surface area contributed by atoms with Crippen molar-refractivity contribution in [3.05, 3.63) is 82.9 Å². The van der Waals surface area contributed by atoms with Crippen molar-refractivity contribution in [3.63, 3.8) is 0 Å². The molecule has 0 bridgehead atoms. The molecule has 9 nitrogen and oxygen atoms in total. The first kappa shape index (κ1) is 30.2. The summed E-state index contributed by atoms with van der Waals surface area (Å²) >= 11 is 0. The van der Waals surface area contributed by atoms with E-state index in [4.69, 9.17) is 0 Å². The van der Waals surface area contributed by atoms with Gasteiger partial charge in [0.2, 0.25) is 15.9 Å².